The first-order chi connectivity index (χ1) is 14.2. The van der Waals surface area contributed by atoms with Gasteiger partial charge in [0.1, 0.15) is 11.6 Å². The molecule has 0 saturated heterocycles. The van der Waals surface area contributed by atoms with Crippen LogP contribution in [0.5, 0.6) is 10.8 Å². The minimum absolute atomic E-state index is 0.0182. The lowest BCUT2D eigenvalue weighted by Crippen LogP contribution is -2.28. The highest BCUT2D eigenvalue weighted by Gasteiger charge is 2.46. The average Bonchev–Trinajstić information content (AvgIpc) is 3.16. The van der Waals surface area contributed by atoms with Crippen molar-refractivity contribution in [1.29, 1.82) is 0 Å². The number of benzene rings is 1. The summed E-state index contributed by atoms with van der Waals surface area (Å²) in [4.78, 5) is 21.2. The Kier molecular flexibility index (Phi) is 5.35. The number of imidazole rings is 1. The zero-order chi connectivity index (χ0) is 21.5. The van der Waals surface area contributed by atoms with Crippen LogP contribution in [0.1, 0.15) is 36.0 Å². The number of amides is 1. The highest BCUT2D eigenvalue weighted by Crippen LogP contribution is 2.47. The SMILES string of the molecule is COc1ccc2nc(C3CC3C(=O)N[C@H](C)c3ccc(OCC(F)(F)F)s3)[nH]c2c1. The van der Waals surface area contributed by atoms with Crippen molar-refractivity contribution < 1.29 is 27.4 Å². The van der Waals surface area contributed by atoms with Crippen LogP contribution in [0.25, 0.3) is 11.0 Å². The number of fused-ring (bicyclic) bond motifs is 1. The van der Waals surface area contributed by atoms with E-state index >= 15 is 0 Å². The number of ether oxygens (including phenoxy) is 2. The molecule has 160 valence electrons. The largest absolute Gasteiger partial charge is 0.497 e. The Morgan fingerprint density at radius 2 is 2.17 bits per heavy atom. The van der Waals surface area contributed by atoms with Crippen LogP contribution in [-0.2, 0) is 4.79 Å². The second-order valence-corrected chi connectivity index (χ2v) is 8.32. The Morgan fingerprint density at radius 1 is 1.37 bits per heavy atom. The summed E-state index contributed by atoms with van der Waals surface area (Å²) in [6, 6.07) is 8.38. The molecular weight excluding hydrogens is 419 g/mol. The van der Waals surface area contributed by atoms with Crippen LogP contribution < -0.4 is 14.8 Å². The number of thiophene rings is 1. The Hall–Kier alpha value is -2.75. The van der Waals surface area contributed by atoms with Crippen molar-refractivity contribution in [2.24, 2.45) is 5.92 Å². The van der Waals surface area contributed by atoms with Crippen molar-refractivity contribution in [3.8, 4) is 10.8 Å². The summed E-state index contributed by atoms with van der Waals surface area (Å²) in [7, 11) is 1.60. The smallest absolute Gasteiger partial charge is 0.422 e. The normalized spacial score (nSPS) is 19.5. The van der Waals surface area contributed by atoms with Crippen LogP contribution in [0.15, 0.2) is 30.3 Å². The van der Waals surface area contributed by atoms with Crippen molar-refractivity contribution in [1.82, 2.24) is 15.3 Å². The van der Waals surface area contributed by atoms with Gasteiger partial charge in [0.2, 0.25) is 5.91 Å². The molecule has 30 heavy (non-hydrogen) atoms. The summed E-state index contributed by atoms with van der Waals surface area (Å²) in [5.74, 6) is 1.23. The number of carbonyl (C=O) groups is 1. The number of alkyl halides is 3. The van der Waals surface area contributed by atoms with Crippen molar-refractivity contribution >= 4 is 28.3 Å². The maximum Gasteiger partial charge on any atom is 0.422 e. The van der Waals surface area contributed by atoms with Crippen LogP contribution in [0, 0.1) is 5.92 Å². The predicted molar refractivity (Wildman–Crippen MR) is 106 cm³/mol. The average molecular weight is 439 g/mol. The Labute approximate surface area is 174 Å². The number of H-pyrrole nitrogens is 1. The first-order valence-corrected chi connectivity index (χ1v) is 10.2. The molecule has 6 nitrogen and oxygen atoms in total. The first kappa shape index (κ1) is 20.5. The zero-order valence-electron chi connectivity index (χ0n) is 16.2. The third kappa shape index (κ3) is 4.53. The molecule has 1 aliphatic carbocycles. The molecule has 1 aromatic carbocycles. The Morgan fingerprint density at radius 3 is 2.90 bits per heavy atom. The van der Waals surface area contributed by atoms with E-state index in [9.17, 15) is 18.0 Å². The van der Waals surface area contributed by atoms with Gasteiger partial charge in [0.05, 0.1) is 24.2 Å². The predicted octanol–water partition coefficient (Wildman–Crippen LogP) is 4.56. The quantitative estimate of drug-likeness (QED) is 0.566. The van der Waals surface area contributed by atoms with Gasteiger partial charge in [0, 0.05) is 22.8 Å². The molecule has 3 atom stereocenters. The number of rotatable bonds is 7. The van der Waals surface area contributed by atoms with Crippen molar-refractivity contribution in [3.63, 3.8) is 0 Å². The number of nitrogens with one attached hydrogen (secondary N) is 2. The number of hydrogen-bond donors (Lipinski definition) is 2. The van der Waals surface area contributed by atoms with Crippen molar-refractivity contribution in [2.75, 3.05) is 13.7 Å². The fraction of sp³-hybridized carbons (Fsp3) is 0.400. The molecule has 1 saturated carbocycles. The maximum absolute atomic E-state index is 12.6. The van der Waals surface area contributed by atoms with Crippen molar-refractivity contribution in [2.45, 2.75) is 31.5 Å². The molecule has 0 radical (unpaired) electrons. The van der Waals surface area contributed by atoms with Crippen LogP contribution in [0.2, 0.25) is 0 Å². The van der Waals surface area contributed by atoms with Gasteiger partial charge in [-0.3, -0.25) is 4.79 Å². The number of methoxy groups -OCH3 is 1. The standard InChI is InChI=1S/C20H20F3N3O3S/c1-10(16-5-6-17(30-16)29-9-20(21,22)23)24-19(27)13-8-12(13)18-25-14-4-3-11(28-2)7-15(14)26-18/h3-7,10,12-13H,8-9H2,1-2H3,(H,24,27)(H,25,26)/t10-,12?,13?/m1/s1. The topological polar surface area (TPSA) is 76.2 Å². The van der Waals surface area contributed by atoms with Gasteiger partial charge in [0.15, 0.2) is 11.7 Å². The molecule has 10 heteroatoms. The molecule has 0 aliphatic heterocycles. The lowest BCUT2D eigenvalue weighted by Gasteiger charge is -2.12. The van der Waals surface area contributed by atoms with E-state index in [1.54, 1.807) is 20.1 Å². The van der Waals surface area contributed by atoms with Gasteiger partial charge >= 0.3 is 6.18 Å². The summed E-state index contributed by atoms with van der Waals surface area (Å²) < 4.78 is 46.8. The van der Waals surface area contributed by atoms with Gasteiger partial charge in [-0.05, 0) is 37.6 Å². The molecule has 1 amide bonds. The summed E-state index contributed by atoms with van der Waals surface area (Å²) in [6.07, 6.45) is -3.69. The summed E-state index contributed by atoms with van der Waals surface area (Å²) in [5.41, 5.74) is 1.67. The van der Waals surface area contributed by atoms with E-state index in [0.717, 1.165) is 38.8 Å². The summed E-state index contributed by atoms with van der Waals surface area (Å²) >= 11 is 1.09. The molecule has 0 bridgehead atoms. The number of aromatic amines is 1. The third-order valence-electron chi connectivity index (χ3n) is 4.95. The minimum Gasteiger partial charge on any atom is -0.497 e. The Balaban J connectivity index is 1.34. The lowest BCUT2D eigenvalue weighted by atomic mass is 10.2. The van der Waals surface area contributed by atoms with Gasteiger partial charge in [-0.2, -0.15) is 13.2 Å². The van der Waals surface area contributed by atoms with Crippen LogP contribution in [0.3, 0.4) is 0 Å². The van der Waals surface area contributed by atoms with Crippen LogP contribution >= 0.6 is 11.3 Å². The van der Waals surface area contributed by atoms with E-state index in [4.69, 9.17) is 9.47 Å². The van der Waals surface area contributed by atoms with E-state index in [-0.39, 0.29) is 28.8 Å². The highest BCUT2D eigenvalue weighted by atomic mass is 32.1. The molecule has 0 spiro atoms. The highest BCUT2D eigenvalue weighted by molar-refractivity contribution is 7.13. The Bertz CT molecular complexity index is 1060. The number of carbonyl (C=O) groups excluding carboxylic acids is 1. The second-order valence-electron chi connectivity index (χ2n) is 7.24. The monoisotopic (exact) mass is 439 g/mol. The zero-order valence-corrected chi connectivity index (χ0v) is 17.1. The van der Waals surface area contributed by atoms with E-state index in [0.29, 0.717) is 6.42 Å². The second kappa shape index (κ2) is 7.82. The van der Waals surface area contributed by atoms with Crippen molar-refractivity contribution in [3.05, 3.63) is 41.0 Å². The fourth-order valence-corrected chi connectivity index (χ4v) is 4.15. The molecular formula is C20H20F3N3O3S. The van der Waals surface area contributed by atoms with E-state index < -0.39 is 12.8 Å². The molecule has 2 unspecified atom stereocenters. The third-order valence-corrected chi connectivity index (χ3v) is 6.13. The molecule has 1 aliphatic rings. The molecule has 2 N–H and O–H groups in total. The lowest BCUT2D eigenvalue weighted by molar-refractivity contribution is -0.152. The van der Waals surface area contributed by atoms with Crippen LogP contribution in [-0.4, -0.2) is 35.8 Å². The summed E-state index contributed by atoms with van der Waals surface area (Å²) in [6.45, 7) is 0.461. The molecule has 2 heterocycles. The molecule has 2 aromatic heterocycles. The van der Waals surface area contributed by atoms with Gasteiger partial charge in [0.25, 0.3) is 0 Å². The van der Waals surface area contributed by atoms with E-state index in [1.165, 1.54) is 6.07 Å². The molecule has 1 fully saturated rings. The number of aromatic nitrogens is 2. The first-order valence-electron chi connectivity index (χ1n) is 9.37. The maximum atomic E-state index is 12.6. The van der Waals surface area contributed by atoms with E-state index in [2.05, 4.69) is 15.3 Å². The van der Waals surface area contributed by atoms with Gasteiger partial charge in [-0.15, -0.1) is 11.3 Å². The van der Waals surface area contributed by atoms with Gasteiger partial charge < -0.3 is 19.8 Å². The molecule has 4 rings (SSSR count). The van der Waals surface area contributed by atoms with E-state index in [1.807, 2.05) is 18.2 Å². The summed E-state index contributed by atoms with van der Waals surface area (Å²) in [5, 5.41) is 3.10. The number of halogens is 3. The number of nitrogens with zero attached hydrogens (tertiary/aromatic N) is 1. The number of hydrogen-bond acceptors (Lipinski definition) is 5. The van der Waals surface area contributed by atoms with Gasteiger partial charge in [-0.25, -0.2) is 4.98 Å². The minimum atomic E-state index is -4.38. The molecule has 3 aromatic rings. The van der Waals surface area contributed by atoms with Crippen LogP contribution in [0.4, 0.5) is 13.2 Å². The van der Waals surface area contributed by atoms with Gasteiger partial charge in [-0.1, -0.05) is 0 Å². The fourth-order valence-electron chi connectivity index (χ4n) is 3.29.